The largest absolute Gasteiger partial charge is 0.497 e. The van der Waals surface area contributed by atoms with E-state index in [1.165, 1.54) is 11.3 Å². The molecule has 5 heteroatoms. The highest BCUT2D eigenvalue weighted by Crippen LogP contribution is 2.20. The van der Waals surface area contributed by atoms with Gasteiger partial charge in [0.2, 0.25) is 0 Å². The van der Waals surface area contributed by atoms with Crippen molar-refractivity contribution in [1.82, 2.24) is 10.2 Å². The minimum Gasteiger partial charge on any atom is -0.497 e. The molecule has 3 rings (SSSR count). The summed E-state index contributed by atoms with van der Waals surface area (Å²) in [7, 11) is 1.67. The van der Waals surface area contributed by atoms with E-state index in [0.717, 1.165) is 44.8 Å². The summed E-state index contributed by atoms with van der Waals surface area (Å²) in [5, 5.41) is 3.04. The molecule has 0 aromatic heterocycles. The molecular formula is C21H27N3O2. The molecule has 0 unspecified atom stereocenters. The van der Waals surface area contributed by atoms with Gasteiger partial charge in [0.05, 0.1) is 7.11 Å². The Bertz CT molecular complexity index is 680. The molecule has 0 atom stereocenters. The molecule has 0 saturated carbocycles. The van der Waals surface area contributed by atoms with Crippen molar-refractivity contribution in [1.29, 1.82) is 0 Å². The van der Waals surface area contributed by atoms with Crippen LogP contribution in [0.3, 0.4) is 0 Å². The van der Waals surface area contributed by atoms with Crippen LogP contribution >= 0.6 is 0 Å². The average Bonchev–Trinajstić information content (AvgIpc) is 2.72. The number of rotatable bonds is 6. The van der Waals surface area contributed by atoms with Crippen LogP contribution in [-0.4, -0.2) is 50.8 Å². The first kappa shape index (κ1) is 18.1. The third-order valence-electron chi connectivity index (χ3n) is 4.77. The third kappa shape index (κ3) is 4.91. The summed E-state index contributed by atoms with van der Waals surface area (Å²) in [5.74, 6) is 0.863. The molecule has 1 aliphatic heterocycles. The SMILES string of the molecule is COc1ccc(N2CCN(C(=O)NCCCc3ccccc3)CC2)cc1. The van der Waals surface area contributed by atoms with Gasteiger partial charge in [-0.25, -0.2) is 4.79 Å². The summed E-state index contributed by atoms with van der Waals surface area (Å²) in [6.07, 6.45) is 1.95. The molecular weight excluding hydrogens is 326 g/mol. The van der Waals surface area contributed by atoms with Crippen molar-refractivity contribution >= 4 is 11.7 Å². The Morgan fingerprint density at radius 2 is 1.69 bits per heavy atom. The van der Waals surface area contributed by atoms with Crippen LogP contribution in [0.25, 0.3) is 0 Å². The fraction of sp³-hybridized carbons (Fsp3) is 0.381. The lowest BCUT2D eigenvalue weighted by Crippen LogP contribution is -2.52. The molecule has 1 aliphatic rings. The van der Waals surface area contributed by atoms with Gasteiger partial charge in [0.15, 0.2) is 0 Å². The first-order valence-electron chi connectivity index (χ1n) is 9.22. The summed E-state index contributed by atoms with van der Waals surface area (Å²) >= 11 is 0. The zero-order chi connectivity index (χ0) is 18.2. The molecule has 1 heterocycles. The zero-order valence-electron chi connectivity index (χ0n) is 15.4. The van der Waals surface area contributed by atoms with Crippen LogP contribution in [0.15, 0.2) is 54.6 Å². The fourth-order valence-electron chi connectivity index (χ4n) is 3.21. The highest BCUT2D eigenvalue weighted by Gasteiger charge is 2.20. The lowest BCUT2D eigenvalue weighted by molar-refractivity contribution is 0.194. The highest BCUT2D eigenvalue weighted by molar-refractivity contribution is 5.74. The van der Waals surface area contributed by atoms with E-state index in [9.17, 15) is 4.79 Å². The van der Waals surface area contributed by atoms with Crippen LogP contribution in [0.2, 0.25) is 0 Å². The number of hydrogen-bond donors (Lipinski definition) is 1. The Kier molecular flexibility index (Phi) is 6.36. The maximum Gasteiger partial charge on any atom is 0.317 e. The molecule has 5 nitrogen and oxygen atoms in total. The van der Waals surface area contributed by atoms with Crippen molar-refractivity contribution in [3.63, 3.8) is 0 Å². The lowest BCUT2D eigenvalue weighted by atomic mass is 10.1. The first-order chi connectivity index (χ1) is 12.8. The van der Waals surface area contributed by atoms with E-state index >= 15 is 0 Å². The van der Waals surface area contributed by atoms with Crippen LogP contribution in [0.1, 0.15) is 12.0 Å². The van der Waals surface area contributed by atoms with Gasteiger partial charge in [-0.05, 0) is 42.7 Å². The van der Waals surface area contributed by atoms with Gasteiger partial charge in [0.25, 0.3) is 0 Å². The minimum absolute atomic E-state index is 0.0486. The molecule has 0 spiro atoms. The van der Waals surface area contributed by atoms with Gasteiger partial charge in [-0.2, -0.15) is 0 Å². The second-order valence-corrected chi connectivity index (χ2v) is 6.49. The van der Waals surface area contributed by atoms with Gasteiger partial charge in [0, 0.05) is 38.4 Å². The van der Waals surface area contributed by atoms with Gasteiger partial charge in [0.1, 0.15) is 5.75 Å². The molecule has 0 aliphatic carbocycles. The number of nitrogens with zero attached hydrogens (tertiary/aromatic N) is 2. The molecule has 26 heavy (non-hydrogen) atoms. The smallest absolute Gasteiger partial charge is 0.317 e. The van der Waals surface area contributed by atoms with E-state index in [1.807, 2.05) is 23.1 Å². The second-order valence-electron chi connectivity index (χ2n) is 6.49. The van der Waals surface area contributed by atoms with E-state index in [1.54, 1.807) is 7.11 Å². The quantitative estimate of drug-likeness (QED) is 0.812. The number of methoxy groups -OCH3 is 1. The predicted molar refractivity (Wildman–Crippen MR) is 105 cm³/mol. The summed E-state index contributed by atoms with van der Waals surface area (Å²) in [6, 6.07) is 18.5. The van der Waals surface area contributed by atoms with Crippen molar-refractivity contribution in [3.05, 3.63) is 60.2 Å². The van der Waals surface area contributed by atoms with Gasteiger partial charge in [-0.3, -0.25) is 0 Å². The van der Waals surface area contributed by atoms with Crippen molar-refractivity contribution in [2.24, 2.45) is 0 Å². The summed E-state index contributed by atoms with van der Waals surface area (Å²) in [5.41, 5.74) is 2.49. The van der Waals surface area contributed by atoms with Crippen LogP contribution in [0.4, 0.5) is 10.5 Å². The van der Waals surface area contributed by atoms with Crippen LogP contribution in [-0.2, 0) is 6.42 Å². The van der Waals surface area contributed by atoms with E-state index in [2.05, 4.69) is 46.6 Å². The maximum absolute atomic E-state index is 12.3. The molecule has 1 N–H and O–H groups in total. The average molecular weight is 353 g/mol. The fourth-order valence-corrected chi connectivity index (χ4v) is 3.21. The van der Waals surface area contributed by atoms with Gasteiger partial charge < -0.3 is 19.9 Å². The molecule has 1 fully saturated rings. The zero-order valence-corrected chi connectivity index (χ0v) is 15.4. The number of hydrogen-bond acceptors (Lipinski definition) is 3. The number of piperazine rings is 1. The van der Waals surface area contributed by atoms with Crippen molar-refractivity contribution < 1.29 is 9.53 Å². The standard InChI is InChI=1S/C21H27N3O2/c1-26-20-11-9-19(10-12-20)23-14-16-24(17-15-23)21(25)22-13-5-8-18-6-3-2-4-7-18/h2-4,6-7,9-12H,5,8,13-17H2,1H3,(H,22,25). The summed E-state index contributed by atoms with van der Waals surface area (Å²) in [4.78, 5) is 16.5. The van der Waals surface area contributed by atoms with E-state index < -0.39 is 0 Å². The van der Waals surface area contributed by atoms with E-state index in [-0.39, 0.29) is 6.03 Å². The Hall–Kier alpha value is -2.69. The monoisotopic (exact) mass is 353 g/mol. The number of urea groups is 1. The van der Waals surface area contributed by atoms with Gasteiger partial charge in [-0.1, -0.05) is 30.3 Å². The Balaban J connectivity index is 1.37. The van der Waals surface area contributed by atoms with Crippen LogP contribution < -0.4 is 15.0 Å². The number of carbonyl (C=O) groups excluding carboxylic acids is 1. The molecule has 1 saturated heterocycles. The number of anilines is 1. The predicted octanol–water partition coefficient (Wildman–Crippen LogP) is 3.16. The van der Waals surface area contributed by atoms with E-state index in [0.29, 0.717) is 6.54 Å². The van der Waals surface area contributed by atoms with Crippen molar-refractivity contribution in [3.8, 4) is 5.75 Å². The molecule has 138 valence electrons. The van der Waals surface area contributed by atoms with Gasteiger partial charge >= 0.3 is 6.03 Å². The maximum atomic E-state index is 12.3. The highest BCUT2D eigenvalue weighted by atomic mass is 16.5. The lowest BCUT2D eigenvalue weighted by Gasteiger charge is -2.36. The van der Waals surface area contributed by atoms with Gasteiger partial charge in [-0.15, -0.1) is 0 Å². The molecule has 0 bridgehead atoms. The second kappa shape index (κ2) is 9.13. The number of carbonyl (C=O) groups is 1. The molecule has 0 radical (unpaired) electrons. The Labute approximate surface area is 155 Å². The Morgan fingerprint density at radius 1 is 1.00 bits per heavy atom. The minimum atomic E-state index is 0.0486. The van der Waals surface area contributed by atoms with Crippen molar-refractivity contribution in [2.75, 3.05) is 44.7 Å². The first-order valence-corrected chi connectivity index (χ1v) is 9.22. The van der Waals surface area contributed by atoms with Crippen LogP contribution in [0, 0.1) is 0 Å². The number of ether oxygens (including phenoxy) is 1. The van der Waals surface area contributed by atoms with Crippen LogP contribution in [0.5, 0.6) is 5.75 Å². The normalized spacial score (nSPS) is 14.2. The summed E-state index contributed by atoms with van der Waals surface area (Å²) in [6.45, 7) is 3.91. The number of amides is 2. The molecule has 2 aromatic rings. The summed E-state index contributed by atoms with van der Waals surface area (Å²) < 4.78 is 5.20. The Morgan fingerprint density at radius 3 is 2.35 bits per heavy atom. The van der Waals surface area contributed by atoms with Crippen molar-refractivity contribution in [2.45, 2.75) is 12.8 Å². The topological polar surface area (TPSA) is 44.8 Å². The number of benzene rings is 2. The molecule has 2 amide bonds. The number of nitrogens with one attached hydrogen (secondary N) is 1. The molecule has 2 aromatic carbocycles. The number of aryl methyl sites for hydroxylation is 1. The third-order valence-corrected chi connectivity index (χ3v) is 4.77. The van der Waals surface area contributed by atoms with E-state index in [4.69, 9.17) is 4.74 Å².